The van der Waals surface area contributed by atoms with Gasteiger partial charge in [-0.15, -0.1) is 0 Å². The molecule has 1 unspecified atom stereocenters. The molecule has 1 atom stereocenters. The number of carbonyl (C=O) groups excluding carboxylic acids is 2. The lowest BCUT2D eigenvalue weighted by molar-refractivity contribution is -0.148. The number of nitriles is 1. The minimum absolute atomic E-state index is 0.183. The highest BCUT2D eigenvalue weighted by atomic mass is 16.5. The maximum Gasteiger partial charge on any atom is 0.349 e. The molecule has 1 N–H and O–H groups in total. The maximum absolute atomic E-state index is 12.7. The van der Waals surface area contributed by atoms with E-state index in [-0.39, 0.29) is 5.57 Å². The molecule has 0 aromatic heterocycles. The van der Waals surface area contributed by atoms with E-state index in [1.54, 1.807) is 18.2 Å². The molecule has 3 aromatic rings. The lowest BCUT2D eigenvalue weighted by Gasteiger charge is -2.16. The highest BCUT2D eigenvalue weighted by molar-refractivity contribution is 6.02. The second-order valence-corrected chi connectivity index (χ2v) is 7.60. The van der Waals surface area contributed by atoms with E-state index in [2.05, 4.69) is 5.32 Å². The summed E-state index contributed by atoms with van der Waals surface area (Å²) in [6, 6.07) is 26.3. The fourth-order valence-electron chi connectivity index (χ4n) is 3.15. The summed E-state index contributed by atoms with van der Waals surface area (Å²) >= 11 is 0. The molecule has 0 spiro atoms. The Labute approximate surface area is 193 Å². The molecule has 0 radical (unpaired) electrons. The molecule has 0 aliphatic heterocycles. The maximum atomic E-state index is 12.7. The van der Waals surface area contributed by atoms with Crippen molar-refractivity contribution in [3.05, 3.63) is 90.0 Å². The number of hydrogen-bond donors (Lipinski definition) is 1. The van der Waals surface area contributed by atoms with Crippen LogP contribution in [-0.2, 0) is 14.3 Å². The molecule has 0 fully saturated rings. The fraction of sp³-hybridized carbons (Fsp3) is 0.148. The SMILES string of the molecule is CC(OC(=O)/C(C#N)=C/c1ccc(N(C)C)cc1)C(=O)Nc1ccccc1-c1ccccc1. The Hall–Kier alpha value is -4.37. The number of carbonyl (C=O) groups is 2. The van der Waals surface area contributed by atoms with Gasteiger partial charge in [0.1, 0.15) is 11.6 Å². The minimum atomic E-state index is -1.09. The predicted octanol–water partition coefficient (Wildman–Crippen LogP) is 4.90. The summed E-state index contributed by atoms with van der Waals surface area (Å²) in [7, 11) is 3.85. The zero-order chi connectivity index (χ0) is 23.8. The summed E-state index contributed by atoms with van der Waals surface area (Å²) in [6.07, 6.45) is 0.353. The van der Waals surface area contributed by atoms with E-state index in [4.69, 9.17) is 4.74 Å². The zero-order valence-corrected chi connectivity index (χ0v) is 18.8. The van der Waals surface area contributed by atoms with Crippen molar-refractivity contribution in [1.29, 1.82) is 5.26 Å². The Bertz CT molecular complexity index is 1190. The summed E-state index contributed by atoms with van der Waals surface area (Å²) in [5.41, 5.74) is 3.90. The number of hydrogen-bond acceptors (Lipinski definition) is 5. The van der Waals surface area contributed by atoms with Crippen LogP contribution in [0.4, 0.5) is 11.4 Å². The molecule has 0 heterocycles. The monoisotopic (exact) mass is 439 g/mol. The Balaban J connectivity index is 1.69. The van der Waals surface area contributed by atoms with Gasteiger partial charge in [0.2, 0.25) is 0 Å². The topological polar surface area (TPSA) is 82.4 Å². The molecule has 0 bridgehead atoms. The van der Waals surface area contributed by atoms with Crippen LogP contribution in [0.25, 0.3) is 17.2 Å². The van der Waals surface area contributed by atoms with Crippen LogP contribution in [0.15, 0.2) is 84.4 Å². The molecule has 0 saturated carbocycles. The van der Waals surface area contributed by atoms with Crippen molar-refractivity contribution in [1.82, 2.24) is 0 Å². The van der Waals surface area contributed by atoms with Crippen molar-refractivity contribution in [3.63, 3.8) is 0 Å². The predicted molar refractivity (Wildman–Crippen MR) is 130 cm³/mol. The van der Waals surface area contributed by atoms with Crippen LogP contribution in [0.3, 0.4) is 0 Å². The number of esters is 1. The molecule has 33 heavy (non-hydrogen) atoms. The van der Waals surface area contributed by atoms with Crippen LogP contribution < -0.4 is 10.2 Å². The summed E-state index contributed by atoms with van der Waals surface area (Å²) < 4.78 is 5.27. The number of rotatable bonds is 7. The molecule has 6 heteroatoms. The van der Waals surface area contributed by atoms with Gasteiger partial charge >= 0.3 is 5.97 Å². The molecular weight excluding hydrogens is 414 g/mol. The largest absolute Gasteiger partial charge is 0.448 e. The number of ether oxygens (including phenoxy) is 1. The van der Waals surface area contributed by atoms with Gasteiger partial charge in [0.15, 0.2) is 6.10 Å². The van der Waals surface area contributed by atoms with Crippen molar-refractivity contribution in [2.24, 2.45) is 0 Å². The lowest BCUT2D eigenvalue weighted by Crippen LogP contribution is -2.30. The standard InChI is InChI=1S/C27H25N3O3/c1-19(26(31)29-25-12-8-7-11-24(25)21-9-5-4-6-10-21)33-27(32)22(18-28)17-20-13-15-23(16-14-20)30(2)3/h4-17,19H,1-3H3,(H,29,31)/b22-17+. The van der Waals surface area contributed by atoms with Crippen LogP contribution in [0.1, 0.15) is 12.5 Å². The smallest absolute Gasteiger partial charge is 0.349 e. The third kappa shape index (κ3) is 6.08. The van der Waals surface area contributed by atoms with E-state index < -0.39 is 18.0 Å². The molecule has 0 saturated heterocycles. The minimum Gasteiger partial charge on any atom is -0.448 e. The average molecular weight is 440 g/mol. The van der Waals surface area contributed by atoms with Crippen molar-refractivity contribution in [2.75, 3.05) is 24.3 Å². The number of para-hydroxylation sites is 1. The molecule has 166 valence electrons. The second-order valence-electron chi connectivity index (χ2n) is 7.60. The van der Waals surface area contributed by atoms with Gasteiger partial charge in [-0.3, -0.25) is 4.79 Å². The quantitative estimate of drug-likeness (QED) is 0.322. The highest BCUT2D eigenvalue weighted by Crippen LogP contribution is 2.27. The zero-order valence-electron chi connectivity index (χ0n) is 18.8. The van der Waals surface area contributed by atoms with Gasteiger partial charge in [-0.2, -0.15) is 5.26 Å². The normalized spacial score (nSPS) is 11.8. The van der Waals surface area contributed by atoms with E-state index in [0.29, 0.717) is 11.3 Å². The van der Waals surface area contributed by atoms with Gasteiger partial charge in [0, 0.05) is 31.0 Å². The first-order valence-electron chi connectivity index (χ1n) is 10.4. The van der Waals surface area contributed by atoms with Crippen LogP contribution in [0.5, 0.6) is 0 Å². The number of nitrogens with one attached hydrogen (secondary N) is 1. The van der Waals surface area contributed by atoms with Crippen LogP contribution in [0.2, 0.25) is 0 Å². The van der Waals surface area contributed by atoms with E-state index in [1.807, 2.05) is 85.7 Å². The number of anilines is 2. The van der Waals surface area contributed by atoms with Crippen LogP contribution in [-0.4, -0.2) is 32.1 Å². The van der Waals surface area contributed by atoms with E-state index in [9.17, 15) is 14.9 Å². The third-order valence-corrected chi connectivity index (χ3v) is 4.98. The number of nitrogens with zero attached hydrogens (tertiary/aromatic N) is 2. The van der Waals surface area contributed by atoms with Gasteiger partial charge < -0.3 is 15.0 Å². The fourth-order valence-corrected chi connectivity index (χ4v) is 3.15. The molecular formula is C27H25N3O3. The van der Waals surface area contributed by atoms with Crippen molar-refractivity contribution in [3.8, 4) is 17.2 Å². The van der Waals surface area contributed by atoms with Gasteiger partial charge in [0.25, 0.3) is 5.91 Å². The van der Waals surface area contributed by atoms with Gasteiger partial charge in [0.05, 0.1) is 0 Å². The Morgan fingerprint density at radius 2 is 1.61 bits per heavy atom. The summed E-state index contributed by atoms with van der Waals surface area (Å²) in [5.74, 6) is -1.34. The Morgan fingerprint density at radius 1 is 0.970 bits per heavy atom. The first-order chi connectivity index (χ1) is 15.9. The molecule has 6 nitrogen and oxygen atoms in total. The molecule has 3 aromatic carbocycles. The van der Waals surface area contributed by atoms with Crippen molar-refractivity contribution >= 4 is 29.3 Å². The Kier molecular flexibility index (Phi) is 7.61. The molecule has 3 rings (SSSR count). The summed E-state index contributed by atoms with van der Waals surface area (Å²) in [4.78, 5) is 27.2. The van der Waals surface area contributed by atoms with E-state index in [1.165, 1.54) is 13.0 Å². The first kappa shape index (κ1) is 23.3. The van der Waals surface area contributed by atoms with Crippen molar-refractivity contribution in [2.45, 2.75) is 13.0 Å². The summed E-state index contributed by atoms with van der Waals surface area (Å²) in [5, 5.41) is 12.2. The number of benzene rings is 3. The molecule has 0 aliphatic carbocycles. The highest BCUT2D eigenvalue weighted by Gasteiger charge is 2.21. The van der Waals surface area contributed by atoms with Gasteiger partial charge in [-0.05, 0) is 42.3 Å². The van der Waals surface area contributed by atoms with Gasteiger partial charge in [-0.1, -0.05) is 60.7 Å². The van der Waals surface area contributed by atoms with E-state index in [0.717, 1.165) is 16.8 Å². The van der Waals surface area contributed by atoms with Crippen LogP contribution in [0, 0.1) is 11.3 Å². The average Bonchev–Trinajstić information content (AvgIpc) is 2.83. The second kappa shape index (κ2) is 10.8. The Morgan fingerprint density at radius 3 is 2.24 bits per heavy atom. The third-order valence-electron chi connectivity index (χ3n) is 4.98. The summed E-state index contributed by atoms with van der Waals surface area (Å²) in [6.45, 7) is 1.47. The van der Waals surface area contributed by atoms with Crippen molar-refractivity contribution < 1.29 is 14.3 Å². The lowest BCUT2D eigenvalue weighted by atomic mass is 10.0. The van der Waals surface area contributed by atoms with Gasteiger partial charge in [-0.25, -0.2) is 4.79 Å². The molecule has 0 aliphatic rings. The van der Waals surface area contributed by atoms with Crippen LogP contribution >= 0.6 is 0 Å². The van der Waals surface area contributed by atoms with E-state index >= 15 is 0 Å². The molecule has 1 amide bonds. The number of amides is 1. The first-order valence-corrected chi connectivity index (χ1v) is 10.4.